The molecule has 0 saturated heterocycles. The molecule has 1 amide bonds. The lowest BCUT2D eigenvalue weighted by Gasteiger charge is -2.21. The van der Waals surface area contributed by atoms with E-state index in [2.05, 4.69) is 5.32 Å². The monoisotopic (exact) mass is 309 g/mol. The molecule has 116 valence electrons. The summed E-state index contributed by atoms with van der Waals surface area (Å²) in [6.07, 6.45) is 4.71. The number of carbonyl (C=O) groups is 1. The molecule has 1 aromatic rings. The van der Waals surface area contributed by atoms with E-state index in [9.17, 15) is 14.1 Å². The van der Waals surface area contributed by atoms with Crippen molar-refractivity contribution >= 4 is 22.4 Å². The molecule has 2 unspecified atom stereocenters. The average molecular weight is 309 g/mol. The Kier molecular flexibility index (Phi) is 5.94. The standard InChI is InChI=1S/C16H23NO3S/c1-12(18)16(19)17-14-7-5-6-13(10-14)11-21(20)15-8-3-2-4-9-15/h5-7,10,12,15,18H,2-4,8-9,11H2,1H3,(H,17,19). The van der Waals surface area contributed by atoms with Crippen molar-refractivity contribution in [1.29, 1.82) is 0 Å². The van der Waals surface area contributed by atoms with E-state index in [0.29, 0.717) is 16.7 Å². The molecule has 1 saturated carbocycles. The molecule has 0 aliphatic heterocycles. The van der Waals surface area contributed by atoms with E-state index >= 15 is 0 Å². The van der Waals surface area contributed by atoms with Crippen molar-refractivity contribution in [2.45, 2.75) is 56.1 Å². The van der Waals surface area contributed by atoms with Crippen LogP contribution in [0.1, 0.15) is 44.6 Å². The van der Waals surface area contributed by atoms with Crippen molar-refractivity contribution in [3.05, 3.63) is 29.8 Å². The summed E-state index contributed by atoms with van der Waals surface area (Å²) in [5.41, 5.74) is 1.60. The van der Waals surface area contributed by atoms with Crippen molar-refractivity contribution in [3.63, 3.8) is 0 Å². The lowest BCUT2D eigenvalue weighted by Crippen LogP contribution is -2.24. The first kappa shape index (κ1) is 16.2. The van der Waals surface area contributed by atoms with Crippen molar-refractivity contribution in [3.8, 4) is 0 Å². The van der Waals surface area contributed by atoms with E-state index in [1.54, 1.807) is 6.07 Å². The second kappa shape index (κ2) is 7.71. The molecule has 0 bridgehead atoms. The van der Waals surface area contributed by atoms with Gasteiger partial charge in [-0.15, -0.1) is 0 Å². The van der Waals surface area contributed by atoms with Gasteiger partial charge in [-0.3, -0.25) is 9.00 Å². The van der Waals surface area contributed by atoms with Crippen LogP contribution in [0.4, 0.5) is 5.69 Å². The Labute approximate surface area is 128 Å². The van der Waals surface area contributed by atoms with Gasteiger partial charge >= 0.3 is 0 Å². The highest BCUT2D eigenvalue weighted by Gasteiger charge is 2.20. The first-order valence-corrected chi connectivity index (χ1v) is 8.89. The summed E-state index contributed by atoms with van der Waals surface area (Å²) in [5.74, 6) is 0.101. The predicted octanol–water partition coefficient (Wildman–Crippen LogP) is 2.59. The smallest absolute Gasteiger partial charge is 0.252 e. The summed E-state index contributed by atoms with van der Waals surface area (Å²) >= 11 is 0. The second-order valence-electron chi connectivity index (χ2n) is 5.65. The van der Waals surface area contributed by atoms with Gasteiger partial charge in [-0.2, -0.15) is 0 Å². The topological polar surface area (TPSA) is 66.4 Å². The average Bonchev–Trinajstić information content (AvgIpc) is 2.48. The van der Waals surface area contributed by atoms with Crippen molar-refractivity contribution < 1.29 is 14.1 Å². The number of amides is 1. The molecule has 0 spiro atoms. The number of benzene rings is 1. The van der Waals surface area contributed by atoms with E-state index in [4.69, 9.17) is 0 Å². The van der Waals surface area contributed by atoms with Gasteiger partial charge in [-0.05, 0) is 37.5 Å². The third-order valence-corrected chi connectivity index (χ3v) is 5.64. The van der Waals surface area contributed by atoms with Crippen LogP contribution in [0, 0.1) is 0 Å². The fourth-order valence-electron chi connectivity index (χ4n) is 2.60. The number of nitrogens with one attached hydrogen (secondary N) is 1. The maximum atomic E-state index is 12.4. The maximum absolute atomic E-state index is 12.4. The first-order chi connectivity index (χ1) is 10.1. The number of hydrogen-bond donors (Lipinski definition) is 2. The Bertz CT molecular complexity index is 510. The molecule has 1 fully saturated rings. The third kappa shape index (κ3) is 4.93. The van der Waals surface area contributed by atoms with E-state index < -0.39 is 22.8 Å². The SMILES string of the molecule is CC(O)C(=O)Nc1cccc(CS(=O)C2CCCCC2)c1. The molecule has 0 aromatic heterocycles. The molecule has 2 rings (SSSR count). The van der Waals surface area contributed by atoms with Crippen LogP contribution in [0.2, 0.25) is 0 Å². The summed E-state index contributed by atoms with van der Waals surface area (Å²) in [6, 6.07) is 7.37. The normalized spacial score (nSPS) is 19.0. The minimum atomic E-state index is -1.04. The summed E-state index contributed by atoms with van der Waals surface area (Å²) in [7, 11) is -0.849. The third-order valence-electron chi connectivity index (χ3n) is 3.81. The zero-order chi connectivity index (χ0) is 15.2. The van der Waals surface area contributed by atoms with Crippen molar-refractivity contribution in [1.82, 2.24) is 0 Å². The van der Waals surface area contributed by atoms with Gasteiger partial charge < -0.3 is 10.4 Å². The van der Waals surface area contributed by atoms with E-state index in [1.807, 2.05) is 18.2 Å². The molecule has 21 heavy (non-hydrogen) atoms. The van der Waals surface area contributed by atoms with E-state index in [-0.39, 0.29) is 0 Å². The van der Waals surface area contributed by atoms with Gasteiger partial charge in [0.15, 0.2) is 0 Å². The van der Waals surface area contributed by atoms with Crippen LogP contribution >= 0.6 is 0 Å². The van der Waals surface area contributed by atoms with Crippen LogP contribution in [0.15, 0.2) is 24.3 Å². The molecule has 0 heterocycles. The lowest BCUT2D eigenvalue weighted by molar-refractivity contribution is -0.123. The van der Waals surface area contributed by atoms with Crippen molar-refractivity contribution in [2.75, 3.05) is 5.32 Å². The fraction of sp³-hybridized carbons (Fsp3) is 0.562. The molecule has 5 heteroatoms. The van der Waals surface area contributed by atoms with E-state index in [1.165, 1.54) is 26.2 Å². The van der Waals surface area contributed by atoms with Gasteiger partial charge in [0.25, 0.3) is 5.91 Å². The van der Waals surface area contributed by atoms with Gasteiger partial charge in [0.2, 0.25) is 0 Å². The van der Waals surface area contributed by atoms with Crippen molar-refractivity contribution in [2.24, 2.45) is 0 Å². The fourth-order valence-corrected chi connectivity index (χ4v) is 4.20. The van der Waals surface area contributed by atoms with Crippen LogP contribution in [-0.2, 0) is 21.3 Å². The van der Waals surface area contributed by atoms with Crippen LogP contribution in [0.3, 0.4) is 0 Å². The minimum Gasteiger partial charge on any atom is -0.384 e. The number of hydrogen-bond acceptors (Lipinski definition) is 3. The summed E-state index contributed by atoms with van der Waals surface area (Å²) in [4.78, 5) is 11.5. The highest BCUT2D eigenvalue weighted by atomic mass is 32.2. The molecular weight excluding hydrogens is 286 g/mol. The molecule has 1 aromatic carbocycles. The van der Waals surface area contributed by atoms with E-state index in [0.717, 1.165) is 18.4 Å². The summed E-state index contributed by atoms with van der Waals surface area (Å²) < 4.78 is 12.4. The molecular formula is C16H23NO3S. The summed E-state index contributed by atoms with van der Waals surface area (Å²) in [6.45, 7) is 1.43. The molecule has 0 radical (unpaired) electrons. The Morgan fingerprint density at radius 2 is 2.10 bits per heavy atom. The maximum Gasteiger partial charge on any atom is 0.252 e. The van der Waals surface area contributed by atoms with Gasteiger partial charge in [0.05, 0.1) is 0 Å². The zero-order valence-corrected chi connectivity index (χ0v) is 13.2. The van der Waals surface area contributed by atoms with Crippen LogP contribution in [-0.4, -0.2) is 26.6 Å². The zero-order valence-electron chi connectivity index (χ0n) is 12.4. The molecule has 2 N–H and O–H groups in total. The number of aliphatic hydroxyl groups is 1. The number of carbonyl (C=O) groups excluding carboxylic acids is 1. The van der Waals surface area contributed by atoms with Crippen LogP contribution < -0.4 is 5.32 Å². The molecule has 4 nitrogen and oxygen atoms in total. The molecule has 2 atom stereocenters. The van der Waals surface area contributed by atoms with Crippen LogP contribution in [0.5, 0.6) is 0 Å². The van der Waals surface area contributed by atoms with Gasteiger partial charge in [-0.1, -0.05) is 31.4 Å². The van der Waals surface area contributed by atoms with Gasteiger partial charge in [0.1, 0.15) is 6.10 Å². The Balaban J connectivity index is 1.97. The Morgan fingerprint density at radius 3 is 2.76 bits per heavy atom. The quantitative estimate of drug-likeness (QED) is 0.878. The number of aliphatic hydroxyl groups excluding tert-OH is 1. The van der Waals surface area contributed by atoms with Gasteiger partial charge in [-0.25, -0.2) is 0 Å². The lowest BCUT2D eigenvalue weighted by atomic mass is 10.0. The molecule has 1 aliphatic rings. The summed E-state index contributed by atoms with van der Waals surface area (Å²) in [5, 5.41) is 12.2. The molecule has 1 aliphatic carbocycles. The highest BCUT2D eigenvalue weighted by molar-refractivity contribution is 7.84. The number of rotatable bonds is 5. The number of anilines is 1. The Morgan fingerprint density at radius 1 is 1.38 bits per heavy atom. The minimum absolute atomic E-state index is 0.314. The largest absolute Gasteiger partial charge is 0.384 e. The second-order valence-corrected chi connectivity index (χ2v) is 7.37. The highest BCUT2D eigenvalue weighted by Crippen LogP contribution is 2.24. The predicted molar refractivity (Wildman–Crippen MR) is 85.5 cm³/mol. The Hall–Kier alpha value is -1.20. The van der Waals surface area contributed by atoms with Crippen LogP contribution in [0.25, 0.3) is 0 Å². The first-order valence-electron chi connectivity index (χ1n) is 7.51. The van der Waals surface area contributed by atoms with Gasteiger partial charge in [0, 0.05) is 27.5 Å².